The van der Waals surface area contributed by atoms with Crippen molar-refractivity contribution in [2.75, 3.05) is 13.2 Å². The van der Waals surface area contributed by atoms with E-state index in [1.807, 2.05) is 39.0 Å². The van der Waals surface area contributed by atoms with Gasteiger partial charge in [0.2, 0.25) is 0 Å². The third-order valence-electron chi connectivity index (χ3n) is 2.52. The summed E-state index contributed by atoms with van der Waals surface area (Å²) in [5, 5.41) is 0. The number of carbonyl (C=O) groups is 1. The highest BCUT2D eigenvalue weighted by molar-refractivity contribution is 5.72. The molecule has 0 radical (unpaired) electrons. The Hall–Kier alpha value is -1.51. The van der Waals surface area contributed by atoms with E-state index in [1.165, 1.54) is 0 Å². The minimum atomic E-state index is -0.241. The maximum Gasteiger partial charge on any atom is 0.312 e. The van der Waals surface area contributed by atoms with Crippen LogP contribution in [0.1, 0.15) is 25.0 Å². The zero-order valence-electron chi connectivity index (χ0n) is 10.9. The first-order valence-electron chi connectivity index (χ1n) is 5.91. The predicted octanol–water partition coefficient (Wildman–Crippen LogP) is 2.88. The van der Waals surface area contributed by atoms with Crippen LogP contribution in [0.5, 0.6) is 5.75 Å². The highest BCUT2D eigenvalue weighted by atomic mass is 16.5. The molecule has 0 aliphatic heterocycles. The molecule has 0 aliphatic rings. The molecule has 0 saturated carbocycles. The molecule has 3 heteroatoms. The van der Waals surface area contributed by atoms with Gasteiger partial charge < -0.3 is 9.47 Å². The van der Waals surface area contributed by atoms with Gasteiger partial charge in [0.05, 0.1) is 12.5 Å². The van der Waals surface area contributed by atoms with Crippen LogP contribution in [0.25, 0.3) is 0 Å². The fraction of sp³-hybridized carbons (Fsp3) is 0.500. The number of aryl methyl sites for hydroxylation is 2. The van der Waals surface area contributed by atoms with Crippen LogP contribution in [0.15, 0.2) is 18.2 Å². The second-order valence-corrected chi connectivity index (χ2v) is 4.23. The molecule has 0 heterocycles. The summed E-state index contributed by atoms with van der Waals surface area (Å²) in [6.07, 6.45) is 0. The lowest BCUT2D eigenvalue weighted by Crippen LogP contribution is -2.21. The number of hydrogen-bond donors (Lipinski definition) is 0. The molecule has 94 valence electrons. The Kier molecular flexibility index (Phi) is 5.01. The fourth-order valence-corrected chi connectivity index (χ4v) is 1.43. The lowest BCUT2D eigenvalue weighted by atomic mass is 10.1. The highest BCUT2D eigenvalue weighted by Gasteiger charge is 2.15. The molecule has 0 fully saturated rings. The van der Waals surface area contributed by atoms with Crippen LogP contribution in [0, 0.1) is 19.8 Å². The molecule has 1 unspecified atom stereocenters. The standard InChI is InChI=1S/C14H20O3/c1-5-16-14(15)12(4)9-17-13-8-10(2)6-7-11(13)3/h6-8,12H,5,9H2,1-4H3. The van der Waals surface area contributed by atoms with Gasteiger partial charge >= 0.3 is 5.97 Å². The average Bonchev–Trinajstić information content (AvgIpc) is 2.30. The van der Waals surface area contributed by atoms with Crippen molar-refractivity contribution < 1.29 is 14.3 Å². The molecule has 0 N–H and O–H groups in total. The van der Waals surface area contributed by atoms with Crippen molar-refractivity contribution in [3.63, 3.8) is 0 Å². The summed E-state index contributed by atoms with van der Waals surface area (Å²) >= 11 is 0. The topological polar surface area (TPSA) is 35.5 Å². The second kappa shape index (κ2) is 6.28. The molecule has 0 bridgehead atoms. The minimum absolute atomic E-state index is 0.210. The van der Waals surface area contributed by atoms with Gasteiger partial charge in [0.1, 0.15) is 12.4 Å². The molecular formula is C14H20O3. The first kappa shape index (κ1) is 13.6. The maximum absolute atomic E-state index is 11.4. The SMILES string of the molecule is CCOC(=O)C(C)COc1cc(C)ccc1C. The summed E-state index contributed by atoms with van der Waals surface area (Å²) in [5.74, 6) is 0.383. The highest BCUT2D eigenvalue weighted by Crippen LogP contribution is 2.19. The lowest BCUT2D eigenvalue weighted by Gasteiger charge is -2.14. The van der Waals surface area contributed by atoms with Crippen molar-refractivity contribution >= 4 is 5.97 Å². The quantitative estimate of drug-likeness (QED) is 0.737. The largest absolute Gasteiger partial charge is 0.492 e. The van der Waals surface area contributed by atoms with Crippen molar-refractivity contribution in [1.29, 1.82) is 0 Å². The third-order valence-corrected chi connectivity index (χ3v) is 2.52. The molecule has 1 atom stereocenters. The molecule has 0 saturated heterocycles. The van der Waals surface area contributed by atoms with Crippen LogP contribution in [-0.2, 0) is 9.53 Å². The molecule has 17 heavy (non-hydrogen) atoms. The average molecular weight is 236 g/mol. The van der Waals surface area contributed by atoms with E-state index < -0.39 is 0 Å². The van der Waals surface area contributed by atoms with Crippen molar-refractivity contribution in [3.05, 3.63) is 29.3 Å². The van der Waals surface area contributed by atoms with Crippen molar-refractivity contribution in [2.24, 2.45) is 5.92 Å². The number of ether oxygens (including phenoxy) is 2. The molecule has 1 aromatic rings. The van der Waals surface area contributed by atoms with E-state index in [0.717, 1.165) is 16.9 Å². The van der Waals surface area contributed by atoms with Gasteiger partial charge in [-0.3, -0.25) is 4.79 Å². The van der Waals surface area contributed by atoms with Gasteiger partial charge in [-0.15, -0.1) is 0 Å². The Morgan fingerprint density at radius 1 is 1.35 bits per heavy atom. The first-order valence-corrected chi connectivity index (χ1v) is 5.91. The molecule has 0 aromatic heterocycles. The van der Waals surface area contributed by atoms with E-state index >= 15 is 0 Å². The fourth-order valence-electron chi connectivity index (χ4n) is 1.43. The summed E-state index contributed by atoms with van der Waals surface area (Å²) in [7, 11) is 0. The van der Waals surface area contributed by atoms with Gasteiger partial charge in [-0.05, 0) is 44.9 Å². The monoisotopic (exact) mass is 236 g/mol. The van der Waals surface area contributed by atoms with Gasteiger partial charge in [0.25, 0.3) is 0 Å². The summed E-state index contributed by atoms with van der Waals surface area (Å²) in [6.45, 7) is 8.37. The Labute approximate surface area is 103 Å². The Morgan fingerprint density at radius 2 is 2.06 bits per heavy atom. The van der Waals surface area contributed by atoms with Gasteiger partial charge in [-0.25, -0.2) is 0 Å². The molecule has 1 aromatic carbocycles. The van der Waals surface area contributed by atoms with Crippen LogP contribution in [-0.4, -0.2) is 19.2 Å². The van der Waals surface area contributed by atoms with Crippen LogP contribution in [0.3, 0.4) is 0 Å². The summed E-state index contributed by atoms with van der Waals surface area (Å²) in [6, 6.07) is 6.03. The van der Waals surface area contributed by atoms with Crippen LogP contribution >= 0.6 is 0 Å². The van der Waals surface area contributed by atoms with E-state index in [1.54, 1.807) is 6.92 Å². The number of benzene rings is 1. The van der Waals surface area contributed by atoms with E-state index in [-0.39, 0.29) is 11.9 Å². The maximum atomic E-state index is 11.4. The van der Waals surface area contributed by atoms with Crippen molar-refractivity contribution in [3.8, 4) is 5.75 Å². The molecule has 0 amide bonds. The van der Waals surface area contributed by atoms with Gasteiger partial charge in [0.15, 0.2) is 0 Å². The predicted molar refractivity (Wildman–Crippen MR) is 67.2 cm³/mol. The van der Waals surface area contributed by atoms with Crippen LogP contribution in [0.2, 0.25) is 0 Å². The van der Waals surface area contributed by atoms with E-state index in [9.17, 15) is 4.79 Å². The second-order valence-electron chi connectivity index (χ2n) is 4.23. The van der Waals surface area contributed by atoms with Gasteiger partial charge in [-0.1, -0.05) is 12.1 Å². The normalized spacial score (nSPS) is 12.0. The number of hydrogen-bond acceptors (Lipinski definition) is 3. The number of carbonyl (C=O) groups excluding carboxylic acids is 1. The Bertz CT molecular complexity index is 385. The van der Waals surface area contributed by atoms with Crippen molar-refractivity contribution in [2.45, 2.75) is 27.7 Å². The lowest BCUT2D eigenvalue weighted by molar-refractivity contribution is -0.148. The third kappa shape index (κ3) is 4.10. The first-order chi connectivity index (χ1) is 8.04. The van der Waals surface area contributed by atoms with E-state index in [4.69, 9.17) is 9.47 Å². The summed E-state index contributed by atoms with van der Waals surface area (Å²) in [4.78, 5) is 11.4. The minimum Gasteiger partial charge on any atom is -0.492 e. The Morgan fingerprint density at radius 3 is 2.71 bits per heavy atom. The molecule has 0 spiro atoms. The molecule has 0 aliphatic carbocycles. The number of esters is 1. The van der Waals surface area contributed by atoms with Crippen LogP contribution in [0.4, 0.5) is 0 Å². The van der Waals surface area contributed by atoms with Gasteiger partial charge in [0, 0.05) is 0 Å². The molecule has 1 rings (SSSR count). The number of rotatable bonds is 5. The van der Waals surface area contributed by atoms with E-state index in [2.05, 4.69) is 0 Å². The van der Waals surface area contributed by atoms with Crippen molar-refractivity contribution in [1.82, 2.24) is 0 Å². The zero-order chi connectivity index (χ0) is 12.8. The van der Waals surface area contributed by atoms with Gasteiger partial charge in [-0.2, -0.15) is 0 Å². The molecular weight excluding hydrogens is 216 g/mol. The summed E-state index contributed by atoms with van der Waals surface area (Å²) < 4.78 is 10.6. The zero-order valence-corrected chi connectivity index (χ0v) is 10.9. The Balaban J connectivity index is 2.55. The van der Waals surface area contributed by atoms with Crippen LogP contribution < -0.4 is 4.74 Å². The smallest absolute Gasteiger partial charge is 0.312 e. The summed E-state index contributed by atoms with van der Waals surface area (Å²) in [5.41, 5.74) is 2.22. The van der Waals surface area contributed by atoms with E-state index in [0.29, 0.717) is 13.2 Å². The molecule has 3 nitrogen and oxygen atoms in total.